The molecule has 0 saturated heterocycles. The van der Waals surface area contributed by atoms with E-state index in [9.17, 15) is 5.11 Å². The average Bonchev–Trinajstić information content (AvgIpc) is 1.98. The highest BCUT2D eigenvalue weighted by molar-refractivity contribution is 4.75. The van der Waals surface area contributed by atoms with E-state index in [1.165, 1.54) is 0 Å². The third-order valence-electron chi connectivity index (χ3n) is 2.13. The third kappa shape index (κ3) is 4.70. The zero-order valence-electron chi connectivity index (χ0n) is 8.55. The lowest BCUT2D eigenvalue weighted by Gasteiger charge is -2.27. The SMILES string of the molecule is CNCCOCC(C)(O)C(C)C. The molecule has 0 amide bonds. The van der Waals surface area contributed by atoms with Crippen molar-refractivity contribution in [2.75, 3.05) is 26.8 Å². The topological polar surface area (TPSA) is 41.5 Å². The third-order valence-corrected chi connectivity index (χ3v) is 2.13. The molecule has 0 fully saturated rings. The van der Waals surface area contributed by atoms with Crippen molar-refractivity contribution >= 4 is 0 Å². The Morgan fingerprint density at radius 2 is 2.08 bits per heavy atom. The highest BCUT2D eigenvalue weighted by Crippen LogP contribution is 2.15. The lowest BCUT2D eigenvalue weighted by Crippen LogP contribution is -2.37. The zero-order chi connectivity index (χ0) is 9.61. The first-order valence-corrected chi connectivity index (χ1v) is 4.45. The van der Waals surface area contributed by atoms with Gasteiger partial charge in [-0.1, -0.05) is 13.8 Å². The quantitative estimate of drug-likeness (QED) is 0.582. The normalized spacial score (nSPS) is 16.5. The number of hydrogen-bond acceptors (Lipinski definition) is 3. The van der Waals surface area contributed by atoms with Gasteiger partial charge in [-0.05, 0) is 19.9 Å². The molecule has 2 N–H and O–H groups in total. The smallest absolute Gasteiger partial charge is 0.0874 e. The van der Waals surface area contributed by atoms with E-state index in [-0.39, 0.29) is 5.92 Å². The van der Waals surface area contributed by atoms with Gasteiger partial charge in [-0.3, -0.25) is 0 Å². The van der Waals surface area contributed by atoms with Crippen LogP contribution in [0.1, 0.15) is 20.8 Å². The summed E-state index contributed by atoms with van der Waals surface area (Å²) in [5, 5.41) is 12.7. The molecule has 0 aliphatic rings. The van der Waals surface area contributed by atoms with Crippen LogP contribution < -0.4 is 5.32 Å². The fraction of sp³-hybridized carbons (Fsp3) is 1.00. The molecule has 0 radical (unpaired) electrons. The molecule has 74 valence electrons. The van der Waals surface area contributed by atoms with Crippen LogP contribution in [0.5, 0.6) is 0 Å². The standard InChI is InChI=1S/C9H21NO2/c1-8(2)9(3,11)7-12-6-5-10-4/h8,10-11H,5-7H2,1-4H3. The lowest BCUT2D eigenvalue weighted by molar-refractivity contribution is -0.0619. The summed E-state index contributed by atoms with van der Waals surface area (Å²) in [6.45, 7) is 7.67. The Morgan fingerprint density at radius 3 is 2.50 bits per heavy atom. The number of nitrogens with one attached hydrogen (secondary N) is 1. The maximum Gasteiger partial charge on any atom is 0.0874 e. The summed E-state index contributed by atoms with van der Waals surface area (Å²) in [6.07, 6.45) is 0. The number of likely N-dealkylation sites (N-methyl/N-ethyl adjacent to an activating group) is 1. The van der Waals surface area contributed by atoms with Crippen molar-refractivity contribution in [2.45, 2.75) is 26.4 Å². The van der Waals surface area contributed by atoms with Gasteiger partial charge in [0.1, 0.15) is 0 Å². The van der Waals surface area contributed by atoms with Crippen molar-refractivity contribution < 1.29 is 9.84 Å². The van der Waals surface area contributed by atoms with Gasteiger partial charge in [-0.25, -0.2) is 0 Å². The molecule has 1 unspecified atom stereocenters. The van der Waals surface area contributed by atoms with E-state index in [0.29, 0.717) is 13.2 Å². The van der Waals surface area contributed by atoms with E-state index in [4.69, 9.17) is 4.74 Å². The number of aliphatic hydroxyl groups is 1. The molecule has 0 aliphatic carbocycles. The first-order valence-electron chi connectivity index (χ1n) is 4.45. The van der Waals surface area contributed by atoms with Crippen molar-refractivity contribution in [2.24, 2.45) is 5.92 Å². The summed E-state index contributed by atoms with van der Waals surface area (Å²) in [5.41, 5.74) is -0.701. The van der Waals surface area contributed by atoms with Gasteiger partial charge in [-0.2, -0.15) is 0 Å². The fourth-order valence-electron chi connectivity index (χ4n) is 0.620. The second-order valence-electron chi connectivity index (χ2n) is 3.67. The molecule has 3 nitrogen and oxygen atoms in total. The number of hydrogen-bond donors (Lipinski definition) is 2. The molecule has 3 heteroatoms. The summed E-state index contributed by atoms with van der Waals surface area (Å²) in [5.74, 6) is 0.229. The lowest BCUT2D eigenvalue weighted by atomic mass is 9.94. The molecule has 0 heterocycles. The molecule has 0 aliphatic heterocycles. The summed E-state index contributed by atoms with van der Waals surface area (Å²) in [4.78, 5) is 0. The first-order chi connectivity index (χ1) is 5.50. The van der Waals surface area contributed by atoms with Crippen LogP contribution in [0.2, 0.25) is 0 Å². The van der Waals surface area contributed by atoms with Gasteiger partial charge in [0.25, 0.3) is 0 Å². The Labute approximate surface area is 75.1 Å². The Morgan fingerprint density at radius 1 is 1.50 bits per heavy atom. The highest BCUT2D eigenvalue weighted by Gasteiger charge is 2.24. The van der Waals surface area contributed by atoms with Crippen LogP contribution in [-0.4, -0.2) is 37.5 Å². The van der Waals surface area contributed by atoms with Crippen LogP contribution in [0.3, 0.4) is 0 Å². The molecule has 0 aromatic carbocycles. The van der Waals surface area contributed by atoms with Gasteiger partial charge in [-0.15, -0.1) is 0 Å². The summed E-state index contributed by atoms with van der Waals surface area (Å²) < 4.78 is 5.29. The van der Waals surface area contributed by atoms with Crippen LogP contribution in [0.15, 0.2) is 0 Å². The van der Waals surface area contributed by atoms with E-state index < -0.39 is 5.60 Å². The minimum absolute atomic E-state index is 0.229. The second-order valence-corrected chi connectivity index (χ2v) is 3.67. The number of rotatable bonds is 6. The van der Waals surface area contributed by atoms with Crippen molar-refractivity contribution in [1.82, 2.24) is 5.32 Å². The summed E-state index contributed by atoms with van der Waals surface area (Å²) in [7, 11) is 1.88. The van der Waals surface area contributed by atoms with Crippen LogP contribution in [0, 0.1) is 5.92 Å². The van der Waals surface area contributed by atoms with Crippen LogP contribution >= 0.6 is 0 Å². The van der Waals surface area contributed by atoms with Gasteiger partial charge in [0.15, 0.2) is 0 Å². The Kier molecular flexibility index (Phi) is 5.46. The molecule has 0 rings (SSSR count). The Balaban J connectivity index is 3.47. The highest BCUT2D eigenvalue weighted by atomic mass is 16.5. The predicted octanol–water partition coefficient (Wildman–Crippen LogP) is 0.629. The second kappa shape index (κ2) is 5.51. The maximum atomic E-state index is 9.75. The largest absolute Gasteiger partial charge is 0.388 e. The Bertz CT molecular complexity index is 113. The monoisotopic (exact) mass is 175 g/mol. The molecule has 0 aromatic heterocycles. The Hall–Kier alpha value is -0.120. The van der Waals surface area contributed by atoms with E-state index in [2.05, 4.69) is 5.32 Å². The minimum atomic E-state index is -0.701. The molecule has 0 saturated carbocycles. The van der Waals surface area contributed by atoms with Crippen molar-refractivity contribution in [3.8, 4) is 0 Å². The van der Waals surface area contributed by atoms with Gasteiger partial charge in [0.2, 0.25) is 0 Å². The predicted molar refractivity (Wildman–Crippen MR) is 50.2 cm³/mol. The molecule has 0 aromatic rings. The van der Waals surface area contributed by atoms with Crippen LogP contribution in [0.4, 0.5) is 0 Å². The van der Waals surface area contributed by atoms with Gasteiger partial charge in [0, 0.05) is 6.54 Å². The maximum absolute atomic E-state index is 9.75. The van der Waals surface area contributed by atoms with Crippen molar-refractivity contribution in [1.29, 1.82) is 0 Å². The molecule has 0 spiro atoms. The van der Waals surface area contributed by atoms with Gasteiger partial charge < -0.3 is 15.2 Å². The summed E-state index contributed by atoms with van der Waals surface area (Å²) >= 11 is 0. The van der Waals surface area contributed by atoms with Crippen molar-refractivity contribution in [3.05, 3.63) is 0 Å². The van der Waals surface area contributed by atoms with E-state index in [0.717, 1.165) is 6.54 Å². The van der Waals surface area contributed by atoms with Gasteiger partial charge >= 0.3 is 0 Å². The van der Waals surface area contributed by atoms with Crippen LogP contribution in [-0.2, 0) is 4.74 Å². The first kappa shape index (κ1) is 11.9. The fourth-order valence-corrected chi connectivity index (χ4v) is 0.620. The van der Waals surface area contributed by atoms with Crippen molar-refractivity contribution in [3.63, 3.8) is 0 Å². The number of ether oxygens (including phenoxy) is 1. The van der Waals surface area contributed by atoms with Crippen LogP contribution in [0.25, 0.3) is 0 Å². The molecule has 1 atom stereocenters. The molecule has 0 bridgehead atoms. The average molecular weight is 175 g/mol. The van der Waals surface area contributed by atoms with E-state index in [1.807, 2.05) is 20.9 Å². The molecular weight excluding hydrogens is 154 g/mol. The molecular formula is C9H21NO2. The van der Waals surface area contributed by atoms with Gasteiger partial charge in [0.05, 0.1) is 18.8 Å². The minimum Gasteiger partial charge on any atom is -0.388 e. The zero-order valence-corrected chi connectivity index (χ0v) is 8.55. The van der Waals surface area contributed by atoms with E-state index in [1.54, 1.807) is 6.92 Å². The molecule has 12 heavy (non-hydrogen) atoms. The van der Waals surface area contributed by atoms with E-state index >= 15 is 0 Å². The summed E-state index contributed by atoms with van der Waals surface area (Å²) in [6, 6.07) is 0.